The number of rotatable bonds is 15. The van der Waals surface area contributed by atoms with Gasteiger partial charge in [0.05, 0.1) is 24.3 Å². The average molecular weight is 391 g/mol. The number of hydrogen-bond acceptors (Lipinski definition) is 4. The lowest BCUT2D eigenvalue weighted by Crippen LogP contribution is -2.17. The Morgan fingerprint density at radius 3 is 1.79 bits per heavy atom. The van der Waals surface area contributed by atoms with Crippen LogP contribution in [0.15, 0.2) is 24.3 Å². The highest BCUT2D eigenvalue weighted by Crippen LogP contribution is 2.15. The van der Waals surface area contributed by atoms with Crippen molar-refractivity contribution in [2.45, 2.75) is 85.0 Å². The smallest absolute Gasteiger partial charge is 0.339 e. The zero-order valence-corrected chi connectivity index (χ0v) is 18.0. The summed E-state index contributed by atoms with van der Waals surface area (Å²) < 4.78 is 10.8. The molecule has 0 fully saturated rings. The number of ether oxygens (including phenoxy) is 2. The maximum atomic E-state index is 12.4. The predicted octanol–water partition coefficient (Wildman–Crippen LogP) is 6.58. The normalized spacial score (nSPS) is 10.9. The third-order valence-electron chi connectivity index (χ3n) is 5.20. The van der Waals surface area contributed by atoms with Gasteiger partial charge in [-0.2, -0.15) is 0 Å². The molecule has 0 N–H and O–H groups in total. The first-order valence-corrected chi connectivity index (χ1v) is 11.1. The van der Waals surface area contributed by atoms with Crippen molar-refractivity contribution in [2.75, 3.05) is 13.2 Å². The molecule has 4 heteroatoms. The van der Waals surface area contributed by atoms with E-state index in [0.717, 1.165) is 25.7 Å². The number of carbonyl (C=O) groups is 2. The minimum atomic E-state index is -0.452. The van der Waals surface area contributed by atoms with Crippen LogP contribution in [0, 0.1) is 5.92 Å². The van der Waals surface area contributed by atoms with E-state index in [9.17, 15) is 9.59 Å². The standard InChI is InChI=1S/C24H38O4/c1-4-7-8-9-10-11-12-15-18-27-23(25)21-16-13-14-17-22(21)24(26)28-19-20(5-2)6-3/h13-14,16-17,20H,4-12,15,18-19H2,1-3H3. The molecule has 0 unspecified atom stereocenters. The van der Waals surface area contributed by atoms with Crippen LogP contribution in [0.4, 0.5) is 0 Å². The highest BCUT2D eigenvalue weighted by atomic mass is 16.5. The molecule has 1 aromatic rings. The Kier molecular flexibility index (Phi) is 13.1. The molecule has 158 valence electrons. The molecule has 0 aliphatic rings. The Morgan fingerprint density at radius 1 is 0.750 bits per heavy atom. The van der Waals surface area contributed by atoms with Crippen LogP contribution in [0.25, 0.3) is 0 Å². The fourth-order valence-corrected chi connectivity index (χ4v) is 3.11. The summed E-state index contributed by atoms with van der Waals surface area (Å²) in [4.78, 5) is 24.8. The minimum Gasteiger partial charge on any atom is -0.462 e. The third kappa shape index (κ3) is 9.38. The lowest BCUT2D eigenvalue weighted by atomic mass is 10.0. The lowest BCUT2D eigenvalue weighted by Gasteiger charge is -2.14. The Labute approximate surface area is 171 Å². The monoisotopic (exact) mass is 390 g/mol. The number of benzene rings is 1. The van der Waals surface area contributed by atoms with Crippen LogP contribution in [-0.2, 0) is 9.47 Å². The molecule has 0 heterocycles. The molecular formula is C24H38O4. The molecule has 1 rings (SSSR count). The Morgan fingerprint density at radius 2 is 1.25 bits per heavy atom. The number of hydrogen-bond donors (Lipinski definition) is 0. The fourth-order valence-electron chi connectivity index (χ4n) is 3.11. The molecule has 0 radical (unpaired) electrons. The summed E-state index contributed by atoms with van der Waals surface area (Å²) >= 11 is 0. The van der Waals surface area contributed by atoms with Gasteiger partial charge < -0.3 is 9.47 Å². The molecule has 0 aliphatic carbocycles. The van der Waals surface area contributed by atoms with Gasteiger partial charge in [0.1, 0.15) is 0 Å². The molecule has 0 saturated heterocycles. The SMILES string of the molecule is CCCCCCCCCCOC(=O)c1ccccc1C(=O)OCC(CC)CC. The first-order chi connectivity index (χ1) is 13.6. The van der Waals surface area contributed by atoms with Gasteiger partial charge in [-0.3, -0.25) is 0 Å². The number of esters is 2. The van der Waals surface area contributed by atoms with Gasteiger partial charge in [-0.1, -0.05) is 90.7 Å². The number of carbonyl (C=O) groups excluding carboxylic acids is 2. The maximum absolute atomic E-state index is 12.4. The molecule has 28 heavy (non-hydrogen) atoms. The first kappa shape index (κ1) is 24.2. The minimum absolute atomic E-state index is 0.286. The summed E-state index contributed by atoms with van der Waals surface area (Å²) in [7, 11) is 0. The van der Waals surface area contributed by atoms with E-state index >= 15 is 0 Å². The molecule has 0 atom stereocenters. The molecule has 0 aromatic heterocycles. The van der Waals surface area contributed by atoms with Crippen LogP contribution in [0.2, 0.25) is 0 Å². The van der Waals surface area contributed by atoms with E-state index in [1.54, 1.807) is 24.3 Å². The predicted molar refractivity (Wildman–Crippen MR) is 114 cm³/mol. The quantitative estimate of drug-likeness (QED) is 0.251. The van der Waals surface area contributed by atoms with Gasteiger partial charge in [0, 0.05) is 0 Å². The molecule has 1 aromatic carbocycles. The van der Waals surface area contributed by atoms with Crippen LogP contribution >= 0.6 is 0 Å². The summed E-state index contributed by atoms with van der Waals surface area (Å²) in [6.07, 6.45) is 11.5. The highest BCUT2D eigenvalue weighted by molar-refractivity contribution is 6.03. The Balaban J connectivity index is 2.40. The van der Waals surface area contributed by atoms with Gasteiger partial charge in [-0.05, 0) is 24.5 Å². The lowest BCUT2D eigenvalue weighted by molar-refractivity contribution is 0.0408. The van der Waals surface area contributed by atoms with E-state index in [0.29, 0.717) is 19.1 Å². The Hall–Kier alpha value is -1.84. The van der Waals surface area contributed by atoms with Crippen molar-refractivity contribution >= 4 is 11.9 Å². The van der Waals surface area contributed by atoms with Gasteiger partial charge in [-0.25, -0.2) is 9.59 Å². The summed E-state index contributed by atoms with van der Waals surface area (Å²) in [6.45, 7) is 7.16. The molecule has 0 saturated carbocycles. The van der Waals surface area contributed by atoms with Crippen LogP contribution < -0.4 is 0 Å². The summed E-state index contributed by atoms with van der Waals surface area (Å²) in [5.74, 6) is -0.547. The van der Waals surface area contributed by atoms with Gasteiger partial charge in [-0.15, -0.1) is 0 Å². The van der Waals surface area contributed by atoms with Crippen molar-refractivity contribution in [3.05, 3.63) is 35.4 Å². The highest BCUT2D eigenvalue weighted by Gasteiger charge is 2.19. The average Bonchev–Trinajstić information content (AvgIpc) is 2.73. The van der Waals surface area contributed by atoms with Gasteiger partial charge in [0.15, 0.2) is 0 Å². The van der Waals surface area contributed by atoms with E-state index in [1.165, 1.54) is 38.5 Å². The van der Waals surface area contributed by atoms with E-state index in [2.05, 4.69) is 20.8 Å². The van der Waals surface area contributed by atoms with Crippen molar-refractivity contribution in [1.82, 2.24) is 0 Å². The van der Waals surface area contributed by atoms with Gasteiger partial charge >= 0.3 is 11.9 Å². The van der Waals surface area contributed by atoms with E-state index in [4.69, 9.17) is 9.47 Å². The van der Waals surface area contributed by atoms with E-state index < -0.39 is 11.9 Å². The van der Waals surface area contributed by atoms with Crippen LogP contribution in [-0.4, -0.2) is 25.2 Å². The van der Waals surface area contributed by atoms with Crippen molar-refractivity contribution in [2.24, 2.45) is 5.92 Å². The largest absolute Gasteiger partial charge is 0.462 e. The number of unbranched alkanes of at least 4 members (excludes halogenated alkanes) is 7. The van der Waals surface area contributed by atoms with Crippen molar-refractivity contribution in [1.29, 1.82) is 0 Å². The fraction of sp³-hybridized carbons (Fsp3) is 0.667. The van der Waals surface area contributed by atoms with Gasteiger partial charge in [0.2, 0.25) is 0 Å². The maximum Gasteiger partial charge on any atom is 0.339 e. The topological polar surface area (TPSA) is 52.6 Å². The molecule has 0 aliphatic heterocycles. The van der Waals surface area contributed by atoms with Crippen LogP contribution in [0.3, 0.4) is 0 Å². The summed E-state index contributed by atoms with van der Waals surface area (Å²) in [5.41, 5.74) is 0.575. The molecule has 0 spiro atoms. The first-order valence-electron chi connectivity index (χ1n) is 11.1. The van der Waals surface area contributed by atoms with Crippen molar-refractivity contribution < 1.29 is 19.1 Å². The van der Waals surface area contributed by atoms with Crippen molar-refractivity contribution in [3.8, 4) is 0 Å². The van der Waals surface area contributed by atoms with E-state index in [1.807, 2.05) is 0 Å². The Bertz CT molecular complexity index is 563. The second kappa shape index (κ2) is 15.1. The van der Waals surface area contributed by atoms with Crippen LogP contribution in [0.5, 0.6) is 0 Å². The second-order valence-corrected chi connectivity index (χ2v) is 7.44. The molecule has 0 amide bonds. The summed E-state index contributed by atoms with van der Waals surface area (Å²) in [6, 6.07) is 6.74. The molecular weight excluding hydrogens is 352 g/mol. The van der Waals surface area contributed by atoms with E-state index in [-0.39, 0.29) is 11.1 Å². The molecule has 0 bridgehead atoms. The second-order valence-electron chi connectivity index (χ2n) is 7.44. The third-order valence-corrected chi connectivity index (χ3v) is 5.20. The zero-order chi connectivity index (χ0) is 20.6. The van der Waals surface area contributed by atoms with Gasteiger partial charge in [0.25, 0.3) is 0 Å². The zero-order valence-electron chi connectivity index (χ0n) is 18.0. The summed E-state index contributed by atoms with van der Waals surface area (Å²) in [5, 5.41) is 0. The van der Waals surface area contributed by atoms with Crippen molar-refractivity contribution in [3.63, 3.8) is 0 Å². The van der Waals surface area contributed by atoms with Crippen LogP contribution in [0.1, 0.15) is 106 Å². The molecule has 4 nitrogen and oxygen atoms in total.